The number of rotatable bonds is 8. The van der Waals surface area contributed by atoms with E-state index >= 15 is 0 Å². The van der Waals surface area contributed by atoms with Gasteiger partial charge in [-0.15, -0.1) is 0 Å². The van der Waals surface area contributed by atoms with Crippen molar-refractivity contribution < 1.29 is 14.5 Å². The van der Waals surface area contributed by atoms with Crippen molar-refractivity contribution in [1.29, 1.82) is 0 Å². The van der Waals surface area contributed by atoms with Crippen LogP contribution in [-0.2, 0) is 22.6 Å². The van der Waals surface area contributed by atoms with E-state index < -0.39 is 17.0 Å². The molecule has 0 radical (unpaired) electrons. The largest absolute Gasteiger partial charge is 0.587 e. The summed E-state index contributed by atoms with van der Waals surface area (Å²) in [7, 11) is 1.51. The predicted octanol–water partition coefficient (Wildman–Crippen LogP) is 2.90. The second-order valence-corrected chi connectivity index (χ2v) is 9.12. The van der Waals surface area contributed by atoms with Gasteiger partial charge in [-0.25, -0.2) is 0 Å². The number of carbonyl (C=O) groups excluding carboxylic acids is 1. The summed E-state index contributed by atoms with van der Waals surface area (Å²) in [6.45, 7) is 11.4. The molecule has 0 saturated heterocycles. The molecule has 0 saturated carbocycles. The van der Waals surface area contributed by atoms with Gasteiger partial charge < -0.3 is 15.4 Å². The maximum atomic E-state index is 12.6. The van der Waals surface area contributed by atoms with Gasteiger partial charge in [0.2, 0.25) is 5.03 Å². The fraction of sp³-hybridized carbons (Fsp3) is 0.524. The highest BCUT2D eigenvalue weighted by Gasteiger charge is 2.24. The standard InChI is InChI=1S/C21H33N3O3S/c1-13(2)15-9-8-10-16(14(3)4)17(15)11-20(25)24-28(27)19(22)12-18(23-7)21(5,6)26/h8-10,12-14,26H,11,22H2,1-7H3,(H,24,25). The Morgan fingerprint density at radius 2 is 1.79 bits per heavy atom. The Morgan fingerprint density at radius 3 is 2.18 bits per heavy atom. The lowest BCUT2D eigenvalue weighted by Gasteiger charge is -2.20. The van der Waals surface area contributed by atoms with E-state index in [-0.39, 0.29) is 34.9 Å². The van der Waals surface area contributed by atoms with E-state index in [9.17, 15) is 14.5 Å². The van der Waals surface area contributed by atoms with E-state index in [1.807, 2.05) is 18.2 Å². The molecule has 0 aromatic heterocycles. The molecule has 0 aliphatic carbocycles. The topological polar surface area (TPSA) is 111 Å². The molecule has 0 bridgehead atoms. The van der Waals surface area contributed by atoms with Crippen LogP contribution in [0, 0.1) is 0 Å². The molecule has 0 heterocycles. The third-order valence-corrected chi connectivity index (χ3v) is 5.36. The summed E-state index contributed by atoms with van der Waals surface area (Å²) in [6.07, 6.45) is 1.46. The first kappa shape index (κ1) is 24.2. The number of hydrogen-bond donors (Lipinski definition) is 3. The maximum absolute atomic E-state index is 12.6. The SMILES string of the molecule is CN=C(C=C(N)[S+]([O-])NC(=O)Cc1c(C(C)C)cccc1C(C)C)C(C)(C)O. The van der Waals surface area contributed by atoms with Crippen LogP contribution < -0.4 is 10.5 Å². The lowest BCUT2D eigenvalue weighted by molar-refractivity contribution is -0.118. The second kappa shape index (κ2) is 10.1. The Labute approximate surface area is 171 Å². The van der Waals surface area contributed by atoms with Gasteiger partial charge in [0.15, 0.2) is 0 Å². The van der Waals surface area contributed by atoms with Crippen LogP contribution in [0.15, 0.2) is 34.3 Å². The van der Waals surface area contributed by atoms with Gasteiger partial charge in [0.25, 0.3) is 5.91 Å². The molecular formula is C21H33N3O3S. The molecule has 28 heavy (non-hydrogen) atoms. The summed E-state index contributed by atoms with van der Waals surface area (Å²) in [5, 5.41) is 9.96. The van der Waals surface area contributed by atoms with Gasteiger partial charge in [0.05, 0.1) is 12.1 Å². The van der Waals surface area contributed by atoms with Gasteiger partial charge in [-0.05, 0) is 42.4 Å². The Balaban J connectivity index is 3.02. The fourth-order valence-electron chi connectivity index (χ4n) is 2.97. The van der Waals surface area contributed by atoms with E-state index in [1.54, 1.807) is 13.8 Å². The van der Waals surface area contributed by atoms with Gasteiger partial charge in [-0.1, -0.05) is 45.9 Å². The molecule has 1 aromatic rings. The Kier molecular flexibility index (Phi) is 8.73. The molecule has 7 heteroatoms. The van der Waals surface area contributed by atoms with Crippen molar-refractivity contribution in [2.75, 3.05) is 7.05 Å². The third-order valence-electron chi connectivity index (χ3n) is 4.40. The molecule has 156 valence electrons. The smallest absolute Gasteiger partial charge is 0.265 e. The highest BCUT2D eigenvalue weighted by Crippen LogP contribution is 2.28. The van der Waals surface area contributed by atoms with Crippen LogP contribution in [0.1, 0.15) is 70.1 Å². The minimum absolute atomic E-state index is 0.0719. The molecule has 1 rings (SSSR count). The number of hydrogen-bond acceptors (Lipinski definition) is 5. The van der Waals surface area contributed by atoms with Gasteiger partial charge in [0, 0.05) is 13.1 Å². The number of nitrogens with zero attached hydrogens (tertiary/aromatic N) is 1. The molecule has 0 fully saturated rings. The number of carbonyl (C=O) groups is 1. The molecule has 1 amide bonds. The normalized spacial score (nSPS) is 14.5. The summed E-state index contributed by atoms with van der Waals surface area (Å²) in [6, 6.07) is 6.06. The van der Waals surface area contributed by atoms with Crippen molar-refractivity contribution in [3.8, 4) is 0 Å². The molecule has 1 aromatic carbocycles. The quantitative estimate of drug-likeness (QED) is 0.454. The van der Waals surface area contributed by atoms with E-state index in [2.05, 4.69) is 37.4 Å². The van der Waals surface area contributed by atoms with E-state index in [1.165, 1.54) is 13.1 Å². The second-order valence-electron chi connectivity index (χ2n) is 7.91. The summed E-state index contributed by atoms with van der Waals surface area (Å²) >= 11 is -1.91. The molecule has 0 aliphatic rings. The van der Waals surface area contributed by atoms with E-state index in [0.717, 1.165) is 16.7 Å². The lowest BCUT2D eigenvalue weighted by Crippen LogP contribution is -2.37. The van der Waals surface area contributed by atoms with Crippen molar-refractivity contribution in [2.24, 2.45) is 10.7 Å². The Morgan fingerprint density at radius 1 is 1.29 bits per heavy atom. The van der Waals surface area contributed by atoms with Crippen molar-refractivity contribution in [3.63, 3.8) is 0 Å². The van der Waals surface area contributed by atoms with Crippen LogP contribution >= 0.6 is 0 Å². The summed E-state index contributed by atoms with van der Waals surface area (Å²) in [5.74, 6) is 0.169. The molecule has 1 unspecified atom stereocenters. The van der Waals surface area contributed by atoms with Crippen LogP contribution in [-0.4, -0.2) is 33.9 Å². The zero-order chi connectivity index (χ0) is 21.6. The average molecular weight is 408 g/mol. The first-order valence-corrected chi connectivity index (χ1v) is 10.5. The number of aliphatic hydroxyl groups is 1. The number of aliphatic imine (C=N–C) groups is 1. The van der Waals surface area contributed by atoms with Gasteiger partial charge in [0.1, 0.15) is 17.0 Å². The van der Waals surface area contributed by atoms with Gasteiger partial charge in [-0.3, -0.25) is 9.79 Å². The zero-order valence-corrected chi connectivity index (χ0v) is 18.7. The molecule has 4 N–H and O–H groups in total. The minimum Gasteiger partial charge on any atom is -0.587 e. The summed E-state index contributed by atoms with van der Waals surface area (Å²) < 4.78 is 14.9. The fourth-order valence-corrected chi connectivity index (χ4v) is 3.59. The minimum atomic E-state index is -1.91. The van der Waals surface area contributed by atoms with E-state index in [0.29, 0.717) is 0 Å². The predicted molar refractivity (Wildman–Crippen MR) is 117 cm³/mol. The maximum Gasteiger partial charge on any atom is 0.265 e. The first-order valence-electron chi connectivity index (χ1n) is 9.38. The Hall–Kier alpha value is -1.83. The summed E-state index contributed by atoms with van der Waals surface area (Å²) in [4.78, 5) is 16.5. The molecule has 0 spiro atoms. The highest BCUT2D eigenvalue weighted by atomic mass is 32.2. The molecular weight excluding hydrogens is 374 g/mol. The van der Waals surface area contributed by atoms with Gasteiger partial charge in [-0.2, -0.15) is 4.72 Å². The molecule has 0 aliphatic heterocycles. The van der Waals surface area contributed by atoms with Crippen LogP contribution in [0.2, 0.25) is 0 Å². The molecule has 6 nitrogen and oxygen atoms in total. The Bertz CT molecular complexity index is 724. The number of nitrogens with two attached hydrogens (primary N) is 1. The number of nitrogens with one attached hydrogen (secondary N) is 1. The van der Waals surface area contributed by atoms with Crippen molar-refractivity contribution in [2.45, 2.75) is 65.4 Å². The monoisotopic (exact) mass is 407 g/mol. The lowest BCUT2D eigenvalue weighted by atomic mass is 9.87. The average Bonchev–Trinajstić information content (AvgIpc) is 2.57. The zero-order valence-electron chi connectivity index (χ0n) is 17.9. The van der Waals surface area contributed by atoms with Crippen LogP contribution in [0.5, 0.6) is 0 Å². The van der Waals surface area contributed by atoms with Crippen LogP contribution in [0.3, 0.4) is 0 Å². The highest BCUT2D eigenvalue weighted by molar-refractivity contribution is 7.93. The van der Waals surface area contributed by atoms with E-state index in [4.69, 9.17) is 5.73 Å². The first-order chi connectivity index (χ1) is 12.9. The van der Waals surface area contributed by atoms with Crippen molar-refractivity contribution >= 4 is 23.0 Å². The third kappa shape index (κ3) is 6.65. The summed E-state index contributed by atoms with van der Waals surface area (Å²) in [5.41, 5.74) is 8.08. The van der Waals surface area contributed by atoms with Crippen LogP contribution in [0.4, 0.5) is 0 Å². The number of benzene rings is 1. The van der Waals surface area contributed by atoms with Crippen molar-refractivity contribution in [3.05, 3.63) is 46.0 Å². The van der Waals surface area contributed by atoms with Crippen LogP contribution in [0.25, 0.3) is 0 Å². The van der Waals surface area contributed by atoms with Crippen molar-refractivity contribution in [1.82, 2.24) is 4.72 Å². The number of amides is 1. The molecule has 1 atom stereocenters. The van der Waals surface area contributed by atoms with Gasteiger partial charge >= 0.3 is 0 Å².